The Morgan fingerprint density at radius 2 is 1.90 bits per heavy atom. The summed E-state index contributed by atoms with van der Waals surface area (Å²) in [5.74, 6) is 0.445. The van der Waals surface area contributed by atoms with Gasteiger partial charge in [-0.15, -0.1) is 0 Å². The predicted octanol–water partition coefficient (Wildman–Crippen LogP) is 3.98. The van der Waals surface area contributed by atoms with Crippen molar-refractivity contribution in [1.29, 1.82) is 0 Å². The lowest BCUT2D eigenvalue weighted by atomic mass is 10.1. The molecule has 0 radical (unpaired) electrons. The summed E-state index contributed by atoms with van der Waals surface area (Å²) in [6.45, 7) is 0. The van der Waals surface area contributed by atoms with Crippen molar-refractivity contribution in [3.8, 4) is 5.75 Å². The first-order valence-electron chi connectivity index (χ1n) is 7.50. The number of rotatable bonds is 2. The molecule has 2 aromatic rings. The van der Waals surface area contributed by atoms with Crippen molar-refractivity contribution in [3.05, 3.63) is 58.7 Å². The molecule has 2 aliphatic carbocycles. The molecule has 2 aromatic carbocycles. The maximum absolute atomic E-state index is 9.91. The molecule has 0 amide bonds. The fraction of sp³-hybridized carbons (Fsp3) is 0.333. The molecule has 2 aliphatic rings. The predicted molar refractivity (Wildman–Crippen MR) is 81.3 cm³/mol. The van der Waals surface area contributed by atoms with Crippen LogP contribution in [0.4, 0.5) is 5.69 Å². The molecule has 1 unspecified atom stereocenters. The molecular formula is C18H19NO. The molecule has 4 rings (SSSR count). The number of hydrogen-bond acceptors (Lipinski definition) is 2. The Morgan fingerprint density at radius 3 is 2.85 bits per heavy atom. The summed E-state index contributed by atoms with van der Waals surface area (Å²) in [6.07, 6.45) is 5.76. The number of phenols is 1. The Kier molecular flexibility index (Phi) is 2.69. The summed E-state index contributed by atoms with van der Waals surface area (Å²) >= 11 is 0. The van der Waals surface area contributed by atoms with Crippen molar-refractivity contribution < 1.29 is 5.11 Å². The van der Waals surface area contributed by atoms with Crippen LogP contribution in [0.2, 0.25) is 0 Å². The van der Waals surface area contributed by atoms with Gasteiger partial charge in [0.2, 0.25) is 0 Å². The lowest BCUT2D eigenvalue weighted by molar-refractivity contribution is 0.469. The maximum atomic E-state index is 9.91. The topological polar surface area (TPSA) is 32.3 Å². The van der Waals surface area contributed by atoms with Crippen molar-refractivity contribution in [1.82, 2.24) is 0 Å². The highest BCUT2D eigenvalue weighted by Gasteiger charge is 2.24. The number of phenolic OH excluding ortho intramolecular Hbond substituents is 1. The maximum Gasteiger partial charge on any atom is 0.119 e. The van der Waals surface area contributed by atoms with Crippen molar-refractivity contribution >= 4 is 5.69 Å². The minimum absolute atomic E-state index is 0.330. The molecule has 0 fully saturated rings. The van der Waals surface area contributed by atoms with Gasteiger partial charge in [0.1, 0.15) is 5.75 Å². The van der Waals surface area contributed by atoms with E-state index in [1.807, 2.05) is 6.07 Å². The molecule has 2 nitrogen and oxygen atoms in total. The second kappa shape index (κ2) is 4.55. The third-order valence-electron chi connectivity index (χ3n) is 4.69. The van der Waals surface area contributed by atoms with Gasteiger partial charge in [-0.05, 0) is 72.6 Å². The van der Waals surface area contributed by atoms with Crippen LogP contribution >= 0.6 is 0 Å². The number of benzene rings is 2. The van der Waals surface area contributed by atoms with Gasteiger partial charge in [0, 0.05) is 5.69 Å². The van der Waals surface area contributed by atoms with Crippen molar-refractivity contribution in [2.75, 3.05) is 5.32 Å². The monoisotopic (exact) mass is 265 g/mol. The third-order valence-corrected chi connectivity index (χ3v) is 4.69. The van der Waals surface area contributed by atoms with Gasteiger partial charge >= 0.3 is 0 Å². The van der Waals surface area contributed by atoms with Crippen LogP contribution in [0.5, 0.6) is 5.75 Å². The summed E-state index contributed by atoms with van der Waals surface area (Å²) in [7, 11) is 0. The molecule has 1 atom stereocenters. The van der Waals surface area contributed by atoms with Gasteiger partial charge in [-0.25, -0.2) is 0 Å². The van der Waals surface area contributed by atoms with Gasteiger partial charge < -0.3 is 10.4 Å². The van der Waals surface area contributed by atoms with Crippen LogP contribution in [0, 0.1) is 0 Å². The van der Waals surface area contributed by atoms with Gasteiger partial charge in [0.05, 0.1) is 6.04 Å². The van der Waals surface area contributed by atoms with E-state index in [1.165, 1.54) is 41.6 Å². The minimum Gasteiger partial charge on any atom is -0.508 e. The van der Waals surface area contributed by atoms with E-state index in [9.17, 15) is 5.11 Å². The van der Waals surface area contributed by atoms with Crippen LogP contribution in [-0.4, -0.2) is 5.11 Å². The molecule has 0 aromatic heterocycles. The average Bonchev–Trinajstić information content (AvgIpc) is 3.06. The van der Waals surface area contributed by atoms with Crippen LogP contribution in [0.15, 0.2) is 36.4 Å². The Hall–Kier alpha value is -1.96. The summed E-state index contributed by atoms with van der Waals surface area (Å²) < 4.78 is 0. The minimum atomic E-state index is 0.330. The van der Waals surface area contributed by atoms with E-state index in [0.717, 1.165) is 18.4 Å². The first kappa shape index (κ1) is 11.8. The fourth-order valence-corrected chi connectivity index (χ4v) is 3.65. The smallest absolute Gasteiger partial charge is 0.119 e. The van der Waals surface area contributed by atoms with Gasteiger partial charge in [0.25, 0.3) is 0 Å². The van der Waals surface area contributed by atoms with Gasteiger partial charge in [-0.1, -0.05) is 18.2 Å². The lowest BCUT2D eigenvalue weighted by Crippen LogP contribution is -2.07. The zero-order chi connectivity index (χ0) is 13.5. The Morgan fingerprint density at radius 1 is 1.00 bits per heavy atom. The van der Waals surface area contributed by atoms with Crippen molar-refractivity contribution in [3.63, 3.8) is 0 Å². The first-order chi connectivity index (χ1) is 9.81. The Balaban J connectivity index is 1.61. The second-order valence-corrected chi connectivity index (χ2v) is 5.92. The van der Waals surface area contributed by atoms with Crippen LogP contribution in [0.25, 0.3) is 0 Å². The molecule has 0 saturated heterocycles. The van der Waals surface area contributed by atoms with E-state index in [0.29, 0.717) is 11.8 Å². The summed E-state index contributed by atoms with van der Waals surface area (Å²) in [4.78, 5) is 0. The standard InChI is InChI=1S/C18H19NO/c20-18-6-2-5-15-16(18)9-10-17(15)19-14-8-7-12-3-1-4-13(12)11-14/h2,5-8,11,17,19-20H,1,3-4,9-10H2. The number of aryl methyl sites for hydroxylation is 2. The van der Waals surface area contributed by atoms with Gasteiger partial charge in [-0.3, -0.25) is 0 Å². The molecule has 2 heteroatoms. The van der Waals surface area contributed by atoms with Gasteiger partial charge in [-0.2, -0.15) is 0 Å². The van der Waals surface area contributed by atoms with Crippen LogP contribution < -0.4 is 5.32 Å². The summed E-state index contributed by atoms with van der Waals surface area (Å²) in [5.41, 5.74) is 6.60. The molecule has 0 bridgehead atoms. The van der Waals surface area contributed by atoms with E-state index in [2.05, 4.69) is 29.6 Å². The molecule has 0 spiro atoms. The molecule has 102 valence electrons. The molecular weight excluding hydrogens is 246 g/mol. The zero-order valence-corrected chi connectivity index (χ0v) is 11.5. The highest BCUT2D eigenvalue weighted by Crippen LogP contribution is 2.38. The number of anilines is 1. The zero-order valence-electron chi connectivity index (χ0n) is 11.5. The Labute approximate surface area is 119 Å². The van der Waals surface area contributed by atoms with Crippen molar-refractivity contribution in [2.45, 2.75) is 38.1 Å². The third kappa shape index (κ3) is 1.87. The number of nitrogens with one attached hydrogen (secondary N) is 1. The van der Waals surface area contributed by atoms with Gasteiger partial charge in [0.15, 0.2) is 0 Å². The van der Waals surface area contributed by atoms with Crippen molar-refractivity contribution in [2.24, 2.45) is 0 Å². The highest BCUT2D eigenvalue weighted by atomic mass is 16.3. The largest absolute Gasteiger partial charge is 0.508 e. The van der Waals surface area contributed by atoms with E-state index >= 15 is 0 Å². The van der Waals surface area contributed by atoms with E-state index in [-0.39, 0.29) is 0 Å². The van der Waals surface area contributed by atoms with E-state index in [1.54, 1.807) is 6.07 Å². The fourth-order valence-electron chi connectivity index (χ4n) is 3.65. The summed E-state index contributed by atoms with van der Waals surface area (Å²) in [5, 5.41) is 13.6. The quantitative estimate of drug-likeness (QED) is 0.860. The lowest BCUT2D eigenvalue weighted by Gasteiger charge is -2.16. The summed E-state index contributed by atoms with van der Waals surface area (Å²) in [6, 6.07) is 13.0. The average molecular weight is 265 g/mol. The molecule has 2 N–H and O–H groups in total. The second-order valence-electron chi connectivity index (χ2n) is 5.92. The first-order valence-corrected chi connectivity index (χ1v) is 7.50. The van der Waals surface area contributed by atoms with Crippen LogP contribution in [-0.2, 0) is 19.3 Å². The number of fused-ring (bicyclic) bond motifs is 2. The number of aromatic hydroxyl groups is 1. The van der Waals surface area contributed by atoms with Crippen LogP contribution in [0.1, 0.15) is 41.1 Å². The van der Waals surface area contributed by atoms with Crippen LogP contribution in [0.3, 0.4) is 0 Å². The molecule has 0 saturated carbocycles. The molecule has 0 heterocycles. The molecule has 0 aliphatic heterocycles. The Bertz CT molecular complexity index is 662. The highest BCUT2D eigenvalue weighted by molar-refractivity contribution is 5.54. The number of hydrogen-bond donors (Lipinski definition) is 2. The van der Waals surface area contributed by atoms with E-state index < -0.39 is 0 Å². The normalized spacial score (nSPS) is 19.7. The van der Waals surface area contributed by atoms with E-state index in [4.69, 9.17) is 0 Å². The molecule has 20 heavy (non-hydrogen) atoms. The SMILES string of the molecule is Oc1cccc2c1CCC2Nc1ccc2c(c1)CCC2.